The van der Waals surface area contributed by atoms with Crippen molar-refractivity contribution in [1.29, 1.82) is 0 Å². The fourth-order valence-electron chi connectivity index (χ4n) is 1.85. The Balaban J connectivity index is 2.35. The molecule has 92 valence electrons. The highest BCUT2D eigenvalue weighted by atomic mass is 16.7. The molecule has 0 fully saturated rings. The van der Waals surface area contributed by atoms with Gasteiger partial charge in [0.25, 0.3) is 5.79 Å². The van der Waals surface area contributed by atoms with Crippen molar-refractivity contribution in [2.24, 2.45) is 10.6 Å². The molecule has 4 heteroatoms. The lowest BCUT2D eigenvalue weighted by Gasteiger charge is -2.32. The van der Waals surface area contributed by atoms with E-state index in [0.29, 0.717) is 5.56 Å². The minimum Gasteiger partial charge on any atom is -0.378 e. The highest BCUT2D eigenvalue weighted by molar-refractivity contribution is 5.68. The van der Waals surface area contributed by atoms with Crippen LogP contribution in [0.3, 0.4) is 0 Å². The van der Waals surface area contributed by atoms with E-state index in [1.807, 2.05) is 57.1 Å². The van der Waals surface area contributed by atoms with Gasteiger partial charge in [-0.15, -0.1) is 0 Å². The van der Waals surface area contributed by atoms with Gasteiger partial charge in [-0.3, -0.25) is 0 Å². The fourth-order valence-corrected chi connectivity index (χ4v) is 1.85. The van der Waals surface area contributed by atoms with Gasteiger partial charge in [-0.05, 0) is 26.0 Å². The highest BCUT2D eigenvalue weighted by Gasteiger charge is 2.50. The maximum Gasteiger partial charge on any atom is 0.270 e. The summed E-state index contributed by atoms with van der Waals surface area (Å²) >= 11 is 0. The second kappa shape index (κ2) is 3.74. The van der Waals surface area contributed by atoms with Crippen molar-refractivity contribution in [3.8, 4) is 0 Å². The van der Waals surface area contributed by atoms with Gasteiger partial charge in [0.05, 0.1) is 11.6 Å². The van der Waals surface area contributed by atoms with E-state index >= 15 is 0 Å². The van der Waals surface area contributed by atoms with Gasteiger partial charge < -0.3 is 14.8 Å². The minimum absolute atomic E-state index is 0.535. The van der Waals surface area contributed by atoms with Gasteiger partial charge in [-0.25, -0.2) is 0 Å². The molecule has 1 unspecified atom stereocenters. The van der Waals surface area contributed by atoms with Crippen LogP contribution in [0.25, 0.3) is 0 Å². The van der Waals surface area contributed by atoms with Crippen LogP contribution in [0.5, 0.6) is 0 Å². The molecule has 0 radical (unpaired) electrons. The molecule has 1 aromatic carbocycles. The van der Waals surface area contributed by atoms with Gasteiger partial charge in [0, 0.05) is 25.3 Å². The Morgan fingerprint density at radius 2 is 1.76 bits per heavy atom. The third kappa shape index (κ3) is 1.78. The monoisotopic (exact) mass is 234 g/mol. The molecule has 0 saturated carbocycles. The summed E-state index contributed by atoms with van der Waals surface area (Å²) in [6.45, 7) is 3.78. The molecule has 1 aliphatic heterocycles. The molecule has 0 aliphatic carbocycles. The first-order chi connectivity index (χ1) is 7.87. The van der Waals surface area contributed by atoms with E-state index in [-0.39, 0.29) is 0 Å². The lowest BCUT2D eigenvalue weighted by atomic mass is 9.81. The van der Waals surface area contributed by atoms with Crippen molar-refractivity contribution in [2.75, 3.05) is 19.0 Å². The Kier molecular flexibility index (Phi) is 2.62. The van der Waals surface area contributed by atoms with Crippen LogP contribution in [0.15, 0.2) is 29.4 Å². The predicted molar refractivity (Wildman–Crippen MR) is 68.0 cm³/mol. The molecule has 1 N–H and O–H groups in total. The fraction of sp³-hybridized carbons (Fsp3) is 0.462. The normalized spacial score (nSPS) is 25.7. The Labute approximate surface area is 101 Å². The molecule has 0 spiro atoms. The van der Waals surface area contributed by atoms with Crippen LogP contribution in [0.1, 0.15) is 19.4 Å². The van der Waals surface area contributed by atoms with E-state index in [4.69, 9.17) is 4.84 Å². The smallest absolute Gasteiger partial charge is 0.270 e. The number of benzene rings is 1. The van der Waals surface area contributed by atoms with E-state index in [2.05, 4.69) is 5.16 Å². The van der Waals surface area contributed by atoms with Gasteiger partial charge in [0.1, 0.15) is 0 Å². The van der Waals surface area contributed by atoms with Gasteiger partial charge in [0.2, 0.25) is 0 Å². The zero-order chi connectivity index (χ0) is 12.7. The third-order valence-electron chi connectivity index (χ3n) is 3.21. The summed E-state index contributed by atoms with van der Waals surface area (Å²) in [6, 6.07) is 7.63. The summed E-state index contributed by atoms with van der Waals surface area (Å²) in [7, 11) is 3.95. The lowest BCUT2D eigenvalue weighted by molar-refractivity contribution is -0.239. The van der Waals surface area contributed by atoms with Crippen LogP contribution in [0, 0.1) is 5.41 Å². The second-order valence-corrected chi connectivity index (χ2v) is 5.13. The predicted octanol–water partition coefficient (Wildman–Crippen LogP) is 1.94. The number of hydrogen-bond acceptors (Lipinski definition) is 4. The molecule has 17 heavy (non-hydrogen) atoms. The highest BCUT2D eigenvalue weighted by Crippen LogP contribution is 2.43. The van der Waals surface area contributed by atoms with E-state index < -0.39 is 11.2 Å². The first-order valence-corrected chi connectivity index (χ1v) is 5.60. The summed E-state index contributed by atoms with van der Waals surface area (Å²) in [5.41, 5.74) is 1.26. The average molecular weight is 234 g/mol. The minimum atomic E-state index is -1.38. The van der Waals surface area contributed by atoms with E-state index in [9.17, 15) is 5.11 Å². The summed E-state index contributed by atoms with van der Waals surface area (Å²) in [5.74, 6) is -1.38. The molecule has 0 amide bonds. The number of nitrogens with zero attached hydrogens (tertiary/aromatic N) is 2. The maximum atomic E-state index is 10.6. The third-order valence-corrected chi connectivity index (χ3v) is 3.21. The van der Waals surface area contributed by atoms with Crippen LogP contribution in [0.4, 0.5) is 5.69 Å². The molecule has 2 rings (SSSR count). The van der Waals surface area contributed by atoms with E-state index in [0.717, 1.165) is 5.69 Å². The number of anilines is 1. The number of aliphatic hydroxyl groups is 1. The molecule has 4 nitrogen and oxygen atoms in total. The number of oxime groups is 1. The van der Waals surface area contributed by atoms with Gasteiger partial charge in [0.15, 0.2) is 0 Å². The zero-order valence-electron chi connectivity index (χ0n) is 10.6. The van der Waals surface area contributed by atoms with Crippen LogP contribution in [0.2, 0.25) is 0 Å². The Morgan fingerprint density at radius 1 is 1.18 bits per heavy atom. The van der Waals surface area contributed by atoms with Crippen molar-refractivity contribution in [2.45, 2.75) is 19.6 Å². The van der Waals surface area contributed by atoms with Crippen molar-refractivity contribution < 1.29 is 9.94 Å². The quantitative estimate of drug-likeness (QED) is 0.850. The second-order valence-electron chi connectivity index (χ2n) is 5.13. The topological polar surface area (TPSA) is 45.1 Å². The average Bonchev–Trinajstić information content (AvgIpc) is 2.55. The molecule has 1 aliphatic rings. The molecule has 1 aromatic rings. The lowest BCUT2D eigenvalue weighted by Crippen LogP contribution is -2.40. The van der Waals surface area contributed by atoms with E-state index in [1.165, 1.54) is 0 Å². The maximum absolute atomic E-state index is 10.6. The molecule has 0 bridgehead atoms. The van der Waals surface area contributed by atoms with Crippen LogP contribution in [-0.2, 0) is 10.6 Å². The van der Waals surface area contributed by atoms with Crippen molar-refractivity contribution in [1.82, 2.24) is 0 Å². The number of hydrogen-bond donors (Lipinski definition) is 1. The van der Waals surface area contributed by atoms with Crippen LogP contribution in [-0.4, -0.2) is 25.4 Å². The number of rotatable bonds is 2. The van der Waals surface area contributed by atoms with Crippen LogP contribution >= 0.6 is 0 Å². The molecule has 1 heterocycles. The van der Waals surface area contributed by atoms with Gasteiger partial charge >= 0.3 is 0 Å². The van der Waals surface area contributed by atoms with Crippen molar-refractivity contribution in [3.63, 3.8) is 0 Å². The summed E-state index contributed by atoms with van der Waals surface area (Å²) in [4.78, 5) is 7.16. The van der Waals surface area contributed by atoms with Crippen molar-refractivity contribution in [3.05, 3.63) is 29.8 Å². The molecule has 0 saturated heterocycles. The molecular formula is C13H18N2O2. The van der Waals surface area contributed by atoms with Gasteiger partial charge in [-0.1, -0.05) is 17.3 Å². The molecule has 0 aromatic heterocycles. The molecule has 1 atom stereocenters. The van der Waals surface area contributed by atoms with Crippen LogP contribution < -0.4 is 4.90 Å². The molecular weight excluding hydrogens is 216 g/mol. The Bertz CT molecular complexity index is 437. The first kappa shape index (κ1) is 11.9. The SMILES string of the molecule is CN(C)c1ccc(C2(O)ON=CC2(C)C)cc1. The van der Waals surface area contributed by atoms with Gasteiger partial charge in [-0.2, -0.15) is 0 Å². The largest absolute Gasteiger partial charge is 0.378 e. The summed E-state index contributed by atoms with van der Waals surface area (Å²) in [6.07, 6.45) is 1.63. The Hall–Kier alpha value is -1.55. The van der Waals surface area contributed by atoms with E-state index in [1.54, 1.807) is 6.21 Å². The zero-order valence-corrected chi connectivity index (χ0v) is 10.6. The first-order valence-electron chi connectivity index (χ1n) is 5.60. The Morgan fingerprint density at radius 3 is 2.18 bits per heavy atom. The van der Waals surface area contributed by atoms with Crippen molar-refractivity contribution >= 4 is 11.9 Å². The summed E-state index contributed by atoms with van der Waals surface area (Å²) in [5, 5.41) is 14.3. The summed E-state index contributed by atoms with van der Waals surface area (Å²) < 4.78 is 0. The standard InChI is InChI=1S/C13H18N2O2/c1-12(2)9-14-17-13(12,16)10-5-7-11(8-6-10)15(3)4/h5-9,16H,1-4H3.